The van der Waals surface area contributed by atoms with Gasteiger partial charge in [0.05, 0.1) is 12.3 Å². The molecule has 1 saturated carbocycles. The molecule has 1 aliphatic carbocycles. The topological polar surface area (TPSA) is 39.1 Å². The fraction of sp³-hybridized carbons (Fsp3) is 0.769. The zero-order valence-electron chi connectivity index (χ0n) is 10.9. The van der Waals surface area contributed by atoms with Crippen molar-refractivity contribution in [2.45, 2.75) is 45.6 Å². The summed E-state index contributed by atoms with van der Waals surface area (Å²) in [5.74, 6) is 1.00. The van der Waals surface area contributed by atoms with Crippen molar-refractivity contribution in [2.75, 3.05) is 25.1 Å². The van der Waals surface area contributed by atoms with Gasteiger partial charge in [0.15, 0.2) is 0 Å². The van der Waals surface area contributed by atoms with Crippen molar-refractivity contribution in [1.82, 2.24) is 9.55 Å². The minimum atomic E-state index is 0.680. The van der Waals surface area contributed by atoms with Gasteiger partial charge in [-0.2, -0.15) is 0 Å². The van der Waals surface area contributed by atoms with Crippen molar-refractivity contribution >= 4 is 5.95 Å². The molecule has 1 aromatic heterocycles. The monoisotopic (exact) mass is 237 g/mol. The molecule has 1 fully saturated rings. The second-order valence-electron chi connectivity index (χ2n) is 4.74. The second kappa shape index (κ2) is 6.05. The van der Waals surface area contributed by atoms with Gasteiger partial charge in [0.1, 0.15) is 0 Å². The molecule has 0 saturated heterocycles. The number of anilines is 1. The van der Waals surface area contributed by atoms with Crippen molar-refractivity contribution in [3.05, 3.63) is 11.9 Å². The summed E-state index contributed by atoms with van der Waals surface area (Å²) in [6, 6.07) is 0.680. The smallest absolute Gasteiger partial charge is 0.203 e. The Hall–Kier alpha value is -1.03. The Bertz CT molecular complexity index is 344. The number of nitrogens with zero attached hydrogens (tertiary/aromatic N) is 2. The molecule has 0 spiro atoms. The van der Waals surface area contributed by atoms with Crippen molar-refractivity contribution in [2.24, 2.45) is 0 Å². The number of hydrogen-bond donors (Lipinski definition) is 1. The third-order valence-corrected chi connectivity index (χ3v) is 2.96. The minimum absolute atomic E-state index is 0.680. The summed E-state index contributed by atoms with van der Waals surface area (Å²) in [5, 5.41) is 3.36. The van der Waals surface area contributed by atoms with Crippen LogP contribution in [0.3, 0.4) is 0 Å². The molecule has 0 aliphatic heterocycles. The predicted molar refractivity (Wildman–Crippen MR) is 69.5 cm³/mol. The molecule has 0 atom stereocenters. The largest absolute Gasteiger partial charge is 0.380 e. The van der Waals surface area contributed by atoms with Gasteiger partial charge in [-0.3, -0.25) is 0 Å². The number of ether oxygens (including phenoxy) is 1. The van der Waals surface area contributed by atoms with E-state index in [0.29, 0.717) is 6.04 Å². The molecule has 4 nitrogen and oxygen atoms in total. The molecule has 1 aromatic rings. The van der Waals surface area contributed by atoms with Gasteiger partial charge in [0.25, 0.3) is 0 Å². The van der Waals surface area contributed by atoms with Crippen LogP contribution in [0.25, 0.3) is 0 Å². The van der Waals surface area contributed by atoms with Gasteiger partial charge in [-0.1, -0.05) is 13.3 Å². The maximum atomic E-state index is 5.52. The van der Waals surface area contributed by atoms with E-state index in [1.165, 1.54) is 19.3 Å². The van der Waals surface area contributed by atoms with Crippen LogP contribution in [0.15, 0.2) is 6.20 Å². The molecule has 0 aromatic carbocycles. The van der Waals surface area contributed by atoms with E-state index < -0.39 is 0 Å². The molecule has 1 aliphatic rings. The fourth-order valence-corrected chi connectivity index (χ4v) is 1.86. The summed E-state index contributed by atoms with van der Waals surface area (Å²) in [5.41, 5.74) is 1.09. The lowest BCUT2D eigenvalue weighted by atomic mass is 10.4. The van der Waals surface area contributed by atoms with E-state index in [-0.39, 0.29) is 0 Å². The van der Waals surface area contributed by atoms with E-state index in [1.54, 1.807) is 0 Å². The van der Waals surface area contributed by atoms with E-state index in [4.69, 9.17) is 4.74 Å². The van der Waals surface area contributed by atoms with E-state index in [9.17, 15) is 0 Å². The van der Waals surface area contributed by atoms with Gasteiger partial charge in [-0.15, -0.1) is 0 Å². The van der Waals surface area contributed by atoms with Gasteiger partial charge in [-0.05, 0) is 26.2 Å². The third-order valence-electron chi connectivity index (χ3n) is 2.96. The van der Waals surface area contributed by atoms with Crippen molar-refractivity contribution in [3.8, 4) is 0 Å². The molecule has 17 heavy (non-hydrogen) atoms. The van der Waals surface area contributed by atoms with Crippen LogP contribution in [0.5, 0.6) is 0 Å². The first kappa shape index (κ1) is 12.4. The van der Waals surface area contributed by atoms with Gasteiger partial charge < -0.3 is 14.6 Å². The SMILES string of the molecule is CCCCOCCNc1nc(C)cn1C1CC1. The van der Waals surface area contributed by atoms with Crippen molar-refractivity contribution < 1.29 is 4.74 Å². The summed E-state index contributed by atoms with van der Waals surface area (Å²) in [6.07, 6.45) is 7.06. The number of aryl methyl sites for hydroxylation is 1. The Labute approximate surface area is 103 Å². The van der Waals surface area contributed by atoms with E-state index in [0.717, 1.165) is 37.8 Å². The highest BCUT2D eigenvalue weighted by atomic mass is 16.5. The molecule has 2 rings (SSSR count). The average Bonchev–Trinajstić information content (AvgIpc) is 3.08. The van der Waals surface area contributed by atoms with Gasteiger partial charge in [-0.25, -0.2) is 4.98 Å². The maximum absolute atomic E-state index is 5.52. The number of imidazole rings is 1. The number of nitrogens with one attached hydrogen (secondary N) is 1. The lowest BCUT2D eigenvalue weighted by molar-refractivity contribution is 0.141. The molecule has 96 valence electrons. The van der Waals surface area contributed by atoms with E-state index in [2.05, 4.69) is 28.0 Å². The van der Waals surface area contributed by atoms with Crippen LogP contribution in [-0.2, 0) is 4.74 Å². The Morgan fingerprint density at radius 3 is 3.00 bits per heavy atom. The van der Waals surface area contributed by atoms with Crippen LogP contribution >= 0.6 is 0 Å². The first-order valence-corrected chi connectivity index (χ1v) is 6.68. The molecular formula is C13H23N3O. The van der Waals surface area contributed by atoms with Gasteiger partial charge >= 0.3 is 0 Å². The fourth-order valence-electron chi connectivity index (χ4n) is 1.86. The molecule has 0 bridgehead atoms. The highest BCUT2D eigenvalue weighted by molar-refractivity contribution is 5.30. The van der Waals surface area contributed by atoms with E-state index in [1.807, 2.05) is 6.92 Å². The Morgan fingerprint density at radius 2 is 2.29 bits per heavy atom. The molecule has 4 heteroatoms. The maximum Gasteiger partial charge on any atom is 0.203 e. The van der Waals surface area contributed by atoms with Crippen LogP contribution < -0.4 is 5.32 Å². The number of rotatable bonds is 8. The molecule has 0 unspecified atom stereocenters. The summed E-state index contributed by atoms with van der Waals surface area (Å²) in [7, 11) is 0. The summed E-state index contributed by atoms with van der Waals surface area (Å²) in [4.78, 5) is 4.50. The van der Waals surface area contributed by atoms with Crippen molar-refractivity contribution in [1.29, 1.82) is 0 Å². The zero-order valence-corrected chi connectivity index (χ0v) is 10.9. The molecule has 0 radical (unpaired) electrons. The van der Waals surface area contributed by atoms with Crippen LogP contribution in [0.4, 0.5) is 5.95 Å². The number of hydrogen-bond acceptors (Lipinski definition) is 3. The number of unbranched alkanes of at least 4 members (excludes halogenated alkanes) is 1. The average molecular weight is 237 g/mol. The van der Waals surface area contributed by atoms with Crippen LogP contribution in [0.1, 0.15) is 44.3 Å². The Balaban J connectivity index is 1.71. The molecule has 1 N–H and O–H groups in total. The Kier molecular flexibility index (Phi) is 4.42. The van der Waals surface area contributed by atoms with Crippen LogP contribution in [-0.4, -0.2) is 29.3 Å². The zero-order chi connectivity index (χ0) is 12.1. The quantitative estimate of drug-likeness (QED) is 0.707. The summed E-state index contributed by atoms with van der Waals surface area (Å²) < 4.78 is 7.78. The standard InChI is InChI=1S/C13H23N3O/c1-3-4-8-17-9-7-14-13-15-11(2)10-16(13)12-5-6-12/h10,12H,3-9H2,1-2H3,(H,14,15). The van der Waals surface area contributed by atoms with Gasteiger partial charge in [0, 0.05) is 25.4 Å². The minimum Gasteiger partial charge on any atom is -0.380 e. The Morgan fingerprint density at radius 1 is 1.47 bits per heavy atom. The number of aromatic nitrogens is 2. The summed E-state index contributed by atoms with van der Waals surface area (Å²) >= 11 is 0. The highest BCUT2D eigenvalue weighted by Crippen LogP contribution is 2.37. The first-order valence-electron chi connectivity index (χ1n) is 6.68. The highest BCUT2D eigenvalue weighted by Gasteiger charge is 2.25. The van der Waals surface area contributed by atoms with E-state index >= 15 is 0 Å². The molecular weight excluding hydrogens is 214 g/mol. The third kappa shape index (κ3) is 3.73. The molecule has 1 heterocycles. The van der Waals surface area contributed by atoms with Crippen LogP contribution in [0, 0.1) is 6.92 Å². The molecule has 0 amide bonds. The second-order valence-corrected chi connectivity index (χ2v) is 4.74. The van der Waals surface area contributed by atoms with Crippen LogP contribution in [0.2, 0.25) is 0 Å². The first-order chi connectivity index (χ1) is 8.31. The van der Waals surface area contributed by atoms with Gasteiger partial charge in [0.2, 0.25) is 5.95 Å². The lowest BCUT2D eigenvalue weighted by Gasteiger charge is -2.08. The normalized spacial score (nSPS) is 15.2. The summed E-state index contributed by atoms with van der Waals surface area (Å²) in [6.45, 7) is 6.69. The van der Waals surface area contributed by atoms with Crippen molar-refractivity contribution in [3.63, 3.8) is 0 Å². The lowest BCUT2D eigenvalue weighted by Crippen LogP contribution is -2.13. The predicted octanol–water partition coefficient (Wildman–Crippen LogP) is 2.76.